The molecule has 2 aromatic heterocycles. The number of fused-ring (bicyclic) bond motifs is 2. The summed E-state index contributed by atoms with van der Waals surface area (Å²) in [6.45, 7) is 2.24. The highest BCUT2D eigenvalue weighted by molar-refractivity contribution is 5.81. The number of H-pyrrole nitrogens is 1. The molecule has 0 bridgehead atoms. The molecule has 1 N–H and O–H groups in total. The maximum atomic E-state index is 13.3. The average molecular weight is 424 g/mol. The molecule has 2 aliphatic carbocycles. The number of piperidine rings is 1. The molecule has 2 aromatic rings. The zero-order chi connectivity index (χ0) is 20.9. The van der Waals surface area contributed by atoms with Crippen LogP contribution in [0.3, 0.4) is 0 Å². The summed E-state index contributed by atoms with van der Waals surface area (Å²) in [4.78, 5) is 35.3. The Bertz CT molecular complexity index is 1050. The van der Waals surface area contributed by atoms with Crippen molar-refractivity contribution in [3.05, 3.63) is 33.4 Å². The first-order chi connectivity index (χ1) is 15.2. The summed E-state index contributed by atoms with van der Waals surface area (Å²) < 4.78 is 1.63. The zero-order valence-corrected chi connectivity index (χ0v) is 18.3. The molecule has 0 radical (unpaired) electrons. The summed E-state index contributed by atoms with van der Waals surface area (Å²) >= 11 is 0. The van der Waals surface area contributed by atoms with E-state index in [1.54, 1.807) is 4.52 Å². The van der Waals surface area contributed by atoms with Crippen LogP contribution in [-0.4, -0.2) is 49.4 Å². The minimum atomic E-state index is -0.0282. The molecule has 166 valence electrons. The number of aromatic nitrogens is 3. The number of aromatic amines is 1. The SMILES string of the molecule is O=C(C1CC1)N1CCc2nc3cc([C@H]4CCCCN4C4CCCCC4)[nH]n3c(=O)c2C1. The summed E-state index contributed by atoms with van der Waals surface area (Å²) in [7, 11) is 0. The summed E-state index contributed by atoms with van der Waals surface area (Å²) in [6.07, 6.45) is 13.0. The second-order valence-electron chi connectivity index (χ2n) is 10.1. The maximum absolute atomic E-state index is 13.3. The number of amides is 1. The van der Waals surface area contributed by atoms with Crippen LogP contribution >= 0.6 is 0 Å². The molecular weight excluding hydrogens is 390 g/mol. The van der Waals surface area contributed by atoms with Crippen LogP contribution in [0.15, 0.2) is 10.9 Å². The lowest BCUT2D eigenvalue weighted by Gasteiger charge is -2.42. The van der Waals surface area contributed by atoms with Crippen molar-refractivity contribution in [2.24, 2.45) is 5.92 Å². The third kappa shape index (κ3) is 3.51. The maximum Gasteiger partial charge on any atom is 0.277 e. The third-order valence-corrected chi connectivity index (χ3v) is 7.97. The molecule has 0 unspecified atom stereocenters. The highest BCUT2D eigenvalue weighted by atomic mass is 16.2. The molecule has 2 aliphatic heterocycles. The van der Waals surface area contributed by atoms with Gasteiger partial charge in [0.15, 0.2) is 5.65 Å². The lowest BCUT2D eigenvalue weighted by atomic mass is 9.89. The van der Waals surface area contributed by atoms with E-state index in [1.165, 1.54) is 44.9 Å². The van der Waals surface area contributed by atoms with Gasteiger partial charge in [-0.15, -0.1) is 0 Å². The monoisotopic (exact) mass is 423 g/mol. The van der Waals surface area contributed by atoms with Crippen LogP contribution in [0.2, 0.25) is 0 Å². The standard InChI is InChI=1S/C24H33N5O2/c30-23(16-9-10-16)27-13-11-19-18(15-27)24(31)29-22(25-19)14-20(26-29)21-8-4-5-12-28(21)17-6-2-1-3-7-17/h14,16-17,21,26H,1-13,15H2/t21-/m1/s1. The van der Waals surface area contributed by atoms with Crippen LogP contribution in [0.5, 0.6) is 0 Å². The van der Waals surface area contributed by atoms with Crippen LogP contribution in [0, 0.1) is 5.92 Å². The summed E-state index contributed by atoms with van der Waals surface area (Å²) in [5.74, 6) is 0.405. The molecule has 2 saturated carbocycles. The lowest BCUT2D eigenvalue weighted by molar-refractivity contribution is -0.133. The molecule has 7 heteroatoms. The van der Waals surface area contributed by atoms with Gasteiger partial charge in [0, 0.05) is 31.0 Å². The van der Waals surface area contributed by atoms with E-state index >= 15 is 0 Å². The van der Waals surface area contributed by atoms with Crippen molar-refractivity contribution in [1.82, 2.24) is 24.4 Å². The van der Waals surface area contributed by atoms with Gasteiger partial charge >= 0.3 is 0 Å². The minimum Gasteiger partial charge on any atom is -0.337 e. The number of hydrogen-bond donors (Lipinski definition) is 1. The average Bonchev–Trinajstić information content (AvgIpc) is 3.58. The number of carbonyl (C=O) groups is 1. The molecule has 4 heterocycles. The summed E-state index contributed by atoms with van der Waals surface area (Å²) in [6, 6.07) is 3.13. The first-order valence-corrected chi connectivity index (χ1v) is 12.4. The number of likely N-dealkylation sites (tertiary alicyclic amines) is 1. The molecule has 4 aliphatic rings. The number of carbonyl (C=O) groups excluding carboxylic acids is 1. The first-order valence-electron chi connectivity index (χ1n) is 12.4. The largest absolute Gasteiger partial charge is 0.337 e. The van der Waals surface area contributed by atoms with E-state index in [4.69, 9.17) is 4.98 Å². The fraction of sp³-hybridized carbons (Fsp3) is 0.708. The van der Waals surface area contributed by atoms with Gasteiger partial charge in [-0.3, -0.25) is 19.6 Å². The lowest BCUT2D eigenvalue weighted by Crippen LogP contribution is -2.42. The molecule has 1 amide bonds. The number of rotatable bonds is 3. The molecule has 1 atom stereocenters. The third-order valence-electron chi connectivity index (χ3n) is 7.97. The van der Waals surface area contributed by atoms with Gasteiger partial charge in [0.25, 0.3) is 5.56 Å². The Hall–Kier alpha value is -2.15. The number of nitrogens with zero attached hydrogens (tertiary/aromatic N) is 4. The van der Waals surface area contributed by atoms with Crippen molar-refractivity contribution in [1.29, 1.82) is 0 Å². The highest BCUT2D eigenvalue weighted by Gasteiger charge is 2.36. The van der Waals surface area contributed by atoms with Crippen LogP contribution in [0.4, 0.5) is 0 Å². The van der Waals surface area contributed by atoms with Gasteiger partial charge in [-0.25, -0.2) is 9.50 Å². The van der Waals surface area contributed by atoms with Crippen molar-refractivity contribution in [2.75, 3.05) is 13.1 Å². The Morgan fingerprint density at radius 1 is 1.00 bits per heavy atom. The van der Waals surface area contributed by atoms with Gasteiger partial charge < -0.3 is 4.90 Å². The summed E-state index contributed by atoms with van der Waals surface area (Å²) in [5, 5.41) is 3.43. The van der Waals surface area contributed by atoms with Gasteiger partial charge in [0.05, 0.1) is 29.5 Å². The first kappa shape index (κ1) is 19.5. The van der Waals surface area contributed by atoms with Gasteiger partial charge in [0.2, 0.25) is 5.91 Å². The van der Waals surface area contributed by atoms with Gasteiger partial charge in [-0.2, -0.15) is 0 Å². The van der Waals surface area contributed by atoms with E-state index in [2.05, 4.69) is 16.1 Å². The Morgan fingerprint density at radius 2 is 1.81 bits per heavy atom. The molecule has 7 nitrogen and oxygen atoms in total. The van der Waals surface area contributed by atoms with E-state index < -0.39 is 0 Å². The normalized spacial score (nSPS) is 25.7. The van der Waals surface area contributed by atoms with E-state index in [0.717, 1.165) is 42.8 Å². The molecule has 31 heavy (non-hydrogen) atoms. The van der Waals surface area contributed by atoms with Crippen LogP contribution in [0.25, 0.3) is 5.65 Å². The van der Waals surface area contributed by atoms with Crippen LogP contribution < -0.4 is 5.56 Å². The quantitative estimate of drug-likeness (QED) is 0.823. The topological polar surface area (TPSA) is 73.7 Å². The molecule has 3 fully saturated rings. The second-order valence-corrected chi connectivity index (χ2v) is 10.1. The molecule has 0 aromatic carbocycles. The predicted molar refractivity (Wildman–Crippen MR) is 118 cm³/mol. The van der Waals surface area contributed by atoms with Gasteiger partial charge in [0.1, 0.15) is 0 Å². The van der Waals surface area contributed by atoms with Crippen molar-refractivity contribution >= 4 is 11.6 Å². The number of hydrogen-bond acceptors (Lipinski definition) is 4. The van der Waals surface area contributed by atoms with Gasteiger partial charge in [-0.05, 0) is 45.1 Å². The minimum absolute atomic E-state index is 0.0282. The molecule has 6 rings (SSSR count). The zero-order valence-electron chi connectivity index (χ0n) is 18.3. The van der Waals surface area contributed by atoms with E-state index in [9.17, 15) is 9.59 Å². The number of nitrogens with one attached hydrogen (secondary N) is 1. The highest BCUT2D eigenvalue weighted by Crippen LogP contribution is 2.36. The Balaban J connectivity index is 1.32. The second kappa shape index (κ2) is 7.76. The molecule has 1 saturated heterocycles. The van der Waals surface area contributed by atoms with Crippen LogP contribution in [-0.2, 0) is 17.8 Å². The van der Waals surface area contributed by atoms with E-state index in [0.29, 0.717) is 37.2 Å². The Kier molecular flexibility index (Phi) is 4.89. The van der Waals surface area contributed by atoms with Crippen LogP contribution in [0.1, 0.15) is 87.2 Å². The predicted octanol–water partition coefficient (Wildman–Crippen LogP) is 3.18. The van der Waals surface area contributed by atoms with Crippen molar-refractivity contribution in [2.45, 2.75) is 89.3 Å². The Labute approximate surface area is 182 Å². The fourth-order valence-electron chi connectivity index (χ4n) is 6.08. The van der Waals surface area contributed by atoms with Crippen molar-refractivity contribution in [3.8, 4) is 0 Å². The van der Waals surface area contributed by atoms with E-state index in [1.807, 2.05) is 4.90 Å². The van der Waals surface area contributed by atoms with Gasteiger partial charge in [-0.1, -0.05) is 25.7 Å². The fourth-order valence-corrected chi connectivity index (χ4v) is 6.08. The molecular formula is C24H33N5O2. The van der Waals surface area contributed by atoms with E-state index in [-0.39, 0.29) is 17.4 Å². The molecule has 0 spiro atoms. The summed E-state index contributed by atoms with van der Waals surface area (Å²) in [5.41, 5.74) is 3.40. The van der Waals surface area contributed by atoms with Crippen molar-refractivity contribution in [3.63, 3.8) is 0 Å². The smallest absolute Gasteiger partial charge is 0.277 e. The van der Waals surface area contributed by atoms with Crippen molar-refractivity contribution < 1.29 is 4.79 Å². The Morgan fingerprint density at radius 3 is 2.61 bits per heavy atom.